The molecule has 0 radical (unpaired) electrons. The molecule has 8 nitrogen and oxygen atoms in total. The summed E-state index contributed by atoms with van der Waals surface area (Å²) in [6, 6.07) is 0. The van der Waals surface area contributed by atoms with Crippen molar-refractivity contribution in [3.8, 4) is 0 Å². The first kappa shape index (κ1) is 25.9. The van der Waals surface area contributed by atoms with E-state index < -0.39 is 31.1 Å². The summed E-state index contributed by atoms with van der Waals surface area (Å²) < 4.78 is 111. The van der Waals surface area contributed by atoms with Crippen molar-refractivity contribution in [2.24, 2.45) is 0 Å². The minimum atomic E-state index is -6.72. The zero-order chi connectivity index (χ0) is 21.0. The lowest BCUT2D eigenvalue weighted by Gasteiger charge is -2.22. The topological polar surface area (TPSA) is 91.9 Å². The van der Waals surface area contributed by atoms with Crippen LogP contribution in [-0.4, -0.2) is 90.5 Å². The lowest BCUT2D eigenvalue weighted by Crippen LogP contribution is -2.40. The van der Waals surface area contributed by atoms with Gasteiger partial charge in [0, 0.05) is 0 Å². The number of hydrogen-bond acceptors (Lipinski definition) is 4. The summed E-state index contributed by atoms with van der Waals surface area (Å²) in [6.07, 6.45) is 0. The molecule has 152 valence electrons. The van der Waals surface area contributed by atoms with E-state index in [-0.39, 0.29) is 0 Å². The Bertz CT molecular complexity index is 624. The standard InChI is InChI=1S/C7H18N3.C2F6NO4S2/c1-8(2)7(9(3)4)10(5)6;3-1(4,5)14(10,11)9-15(12,13)2(6,7)8/h1-6H3;/q+1;-1. The monoisotopic (exact) mass is 424 g/mol. The summed E-state index contributed by atoms with van der Waals surface area (Å²) in [5.41, 5.74) is -12.4. The van der Waals surface area contributed by atoms with Gasteiger partial charge < -0.3 is 4.13 Å². The fourth-order valence-electron chi connectivity index (χ4n) is 1.41. The van der Waals surface area contributed by atoms with Gasteiger partial charge in [-0.2, -0.15) is 26.3 Å². The van der Waals surface area contributed by atoms with Gasteiger partial charge in [0.2, 0.25) is 0 Å². The highest BCUT2D eigenvalue weighted by Gasteiger charge is 2.46. The van der Waals surface area contributed by atoms with Gasteiger partial charge in [-0.25, -0.2) is 16.8 Å². The Morgan fingerprint density at radius 2 is 1.00 bits per heavy atom. The Kier molecular flexibility index (Phi) is 8.71. The predicted octanol–water partition coefficient (Wildman–Crippen LogP) is 0.797. The number of halogens is 6. The molecule has 25 heavy (non-hydrogen) atoms. The largest absolute Gasteiger partial charge is 0.480 e. The van der Waals surface area contributed by atoms with Gasteiger partial charge in [0.1, 0.15) is 0 Å². The first-order valence-corrected chi connectivity index (χ1v) is 8.81. The van der Waals surface area contributed by atoms with E-state index in [9.17, 15) is 43.2 Å². The average Bonchev–Trinajstić information content (AvgIpc) is 2.22. The quantitative estimate of drug-likeness (QED) is 0.282. The third kappa shape index (κ3) is 8.08. The molecule has 0 unspecified atom stereocenters. The van der Waals surface area contributed by atoms with Gasteiger partial charge in [0.15, 0.2) is 20.0 Å². The summed E-state index contributed by atoms with van der Waals surface area (Å²) >= 11 is 0. The number of hydrogen-bond donors (Lipinski definition) is 0. The number of rotatable bonds is 2. The van der Waals surface area contributed by atoms with Crippen LogP contribution in [0.4, 0.5) is 26.3 Å². The van der Waals surface area contributed by atoms with Crippen LogP contribution in [0.1, 0.15) is 0 Å². The SMILES string of the molecule is CN(C)C(N(C)C)=[N+](C)C.O=S(=O)([N-]S(=O)(=O)C(F)(F)F)C(F)(F)F. The van der Waals surface area contributed by atoms with Crippen molar-refractivity contribution >= 4 is 26.0 Å². The predicted molar refractivity (Wildman–Crippen MR) is 77.8 cm³/mol. The number of nitrogens with zero attached hydrogens (tertiary/aromatic N) is 4. The Hall–Kier alpha value is -1.29. The van der Waals surface area contributed by atoms with Gasteiger partial charge >= 0.3 is 17.0 Å². The molecule has 0 atom stereocenters. The summed E-state index contributed by atoms with van der Waals surface area (Å²) in [7, 11) is -1.22. The molecule has 0 aromatic rings. The van der Waals surface area contributed by atoms with Gasteiger partial charge in [0.25, 0.3) is 0 Å². The zero-order valence-electron chi connectivity index (χ0n) is 14.0. The van der Waals surface area contributed by atoms with Gasteiger partial charge in [-0.3, -0.25) is 14.4 Å². The molecule has 16 heteroatoms. The van der Waals surface area contributed by atoms with Crippen LogP contribution in [0.2, 0.25) is 0 Å². The summed E-state index contributed by atoms with van der Waals surface area (Å²) in [6.45, 7) is 0. The minimum absolute atomic E-state index is 0.778. The van der Waals surface area contributed by atoms with E-state index in [0.29, 0.717) is 0 Å². The highest BCUT2D eigenvalue weighted by molar-refractivity contribution is 8.13. The van der Waals surface area contributed by atoms with E-state index in [1.54, 1.807) is 0 Å². The molecule has 0 rings (SSSR count). The second-order valence-corrected chi connectivity index (χ2v) is 8.32. The lowest BCUT2D eigenvalue weighted by molar-refractivity contribution is -0.475. The van der Waals surface area contributed by atoms with Gasteiger partial charge in [-0.1, -0.05) is 0 Å². The van der Waals surface area contributed by atoms with E-state index in [2.05, 4.69) is 14.4 Å². The van der Waals surface area contributed by atoms with E-state index >= 15 is 0 Å². The normalized spacial score (nSPS) is 12.8. The van der Waals surface area contributed by atoms with Crippen LogP contribution in [0, 0.1) is 0 Å². The molecule has 0 N–H and O–H groups in total. The molecule has 0 aliphatic heterocycles. The number of sulfonamides is 2. The van der Waals surface area contributed by atoms with Crippen molar-refractivity contribution in [3.05, 3.63) is 4.13 Å². The van der Waals surface area contributed by atoms with Crippen LogP contribution >= 0.6 is 0 Å². The highest BCUT2D eigenvalue weighted by Crippen LogP contribution is 2.36. The molecule has 0 saturated heterocycles. The maximum absolute atomic E-state index is 11.4. The van der Waals surface area contributed by atoms with Crippen molar-refractivity contribution in [2.45, 2.75) is 11.0 Å². The van der Waals surface area contributed by atoms with Crippen molar-refractivity contribution < 1.29 is 47.8 Å². The van der Waals surface area contributed by atoms with Crippen LogP contribution in [-0.2, 0) is 20.0 Å². The van der Waals surface area contributed by atoms with Gasteiger partial charge in [-0.05, 0) is 0 Å². The zero-order valence-corrected chi connectivity index (χ0v) is 15.6. The maximum atomic E-state index is 11.4. The van der Waals surface area contributed by atoms with Crippen LogP contribution in [0.3, 0.4) is 0 Å². The van der Waals surface area contributed by atoms with Crippen molar-refractivity contribution in [1.82, 2.24) is 9.80 Å². The maximum Gasteiger partial charge on any atom is 0.480 e. The molecule has 0 aromatic heterocycles. The van der Waals surface area contributed by atoms with E-state index in [4.69, 9.17) is 0 Å². The third-order valence-electron chi connectivity index (χ3n) is 1.98. The Morgan fingerprint density at radius 1 is 0.760 bits per heavy atom. The summed E-state index contributed by atoms with van der Waals surface area (Å²) in [4.78, 5) is 4.17. The first-order chi connectivity index (χ1) is 10.7. The Morgan fingerprint density at radius 3 is 1.08 bits per heavy atom. The molecular formula is C9H18F6N4O4S2. The second kappa shape index (κ2) is 8.39. The molecule has 0 amide bonds. The molecule has 0 aliphatic rings. The Labute approximate surface area is 141 Å². The molecule has 0 fully saturated rings. The molecule has 0 saturated carbocycles. The van der Waals surface area contributed by atoms with Crippen molar-refractivity contribution in [2.75, 3.05) is 42.3 Å². The van der Waals surface area contributed by atoms with Crippen LogP contribution in [0.25, 0.3) is 4.13 Å². The van der Waals surface area contributed by atoms with E-state index in [1.807, 2.05) is 42.3 Å². The molecule has 0 heterocycles. The van der Waals surface area contributed by atoms with Crippen molar-refractivity contribution in [3.63, 3.8) is 0 Å². The smallest absolute Gasteiger partial charge is 0.421 e. The molecule has 0 aromatic carbocycles. The van der Waals surface area contributed by atoms with E-state index in [1.165, 1.54) is 5.96 Å². The highest BCUT2D eigenvalue weighted by atomic mass is 32.3. The summed E-state index contributed by atoms with van der Waals surface area (Å²) in [5, 5.41) is 0. The number of guanidine groups is 1. The fourth-order valence-corrected chi connectivity index (χ4v) is 3.12. The third-order valence-corrected chi connectivity index (χ3v) is 4.72. The lowest BCUT2D eigenvalue weighted by atomic mass is 10.7. The molecular weight excluding hydrogens is 406 g/mol. The van der Waals surface area contributed by atoms with Crippen LogP contribution in [0.15, 0.2) is 0 Å². The van der Waals surface area contributed by atoms with Crippen LogP contribution in [0.5, 0.6) is 0 Å². The molecule has 0 bridgehead atoms. The Balaban J connectivity index is 0. The molecule has 0 spiro atoms. The van der Waals surface area contributed by atoms with Crippen LogP contribution < -0.4 is 0 Å². The number of alkyl halides is 6. The van der Waals surface area contributed by atoms with Crippen molar-refractivity contribution in [1.29, 1.82) is 0 Å². The van der Waals surface area contributed by atoms with Gasteiger partial charge in [0.05, 0.1) is 42.3 Å². The average molecular weight is 424 g/mol. The first-order valence-electron chi connectivity index (χ1n) is 5.93. The van der Waals surface area contributed by atoms with E-state index in [0.717, 1.165) is 4.13 Å². The fraction of sp³-hybridized carbons (Fsp3) is 0.889. The van der Waals surface area contributed by atoms with Gasteiger partial charge in [-0.15, -0.1) is 0 Å². The molecule has 0 aliphatic carbocycles. The second-order valence-electron chi connectivity index (χ2n) is 4.90. The minimum Gasteiger partial charge on any atom is -0.421 e. The summed E-state index contributed by atoms with van der Waals surface area (Å²) in [5.74, 6) is 1.19.